The minimum Gasteiger partial charge on any atom is -0.406 e. The molecule has 1 unspecified atom stereocenters. The normalized spacial score (nSPS) is 16.0. The number of alkyl halides is 3. The highest BCUT2D eigenvalue weighted by Crippen LogP contribution is 2.34. The number of ether oxygens (including phenoxy) is 1. The molecule has 0 radical (unpaired) electrons. The first-order chi connectivity index (χ1) is 10.3. The van der Waals surface area contributed by atoms with Crippen LogP contribution in [0.1, 0.15) is 12.8 Å². The second kappa shape index (κ2) is 6.43. The summed E-state index contributed by atoms with van der Waals surface area (Å²) in [7, 11) is 1.66. The maximum Gasteiger partial charge on any atom is 0.573 e. The van der Waals surface area contributed by atoms with E-state index in [2.05, 4.69) is 10.1 Å². The van der Waals surface area contributed by atoms with Gasteiger partial charge in [0, 0.05) is 25.3 Å². The van der Waals surface area contributed by atoms with Crippen LogP contribution >= 0.6 is 0 Å². The predicted molar refractivity (Wildman–Crippen MR) is 75.5 cm³/mol. The molecule has 2 amide bonds. The highest BCUT2D eigenvalue weighted by molar-refractivity contribution is 5.89. The number of nitrogens with two attached hydrogens (primary N) is 1. The number of hydrogen-bond acceptors (Lipinski definition) is 3. The first-order valence-electron chi connectivity index (χ1n) is 6.90. The van der Waals surface area contributed by atoms with Crippen LogP contribution in [0.25, 0.3) is 0 Å². The molecule has 0 heterocycles. The van der Waals surface area contributed by atoms with E-state index < -0.39 is 6.36 Å². The molecule has 1 fully saturated rings. The summed E-state index contributed by atoms with van der Waals surface area (Å²) in [5.41, 5.74) is 6.07. The Bertz CT molecular complexity index is 515. The Labute approximate surface area is 126 Å². The number of rotatable bonds is 5. The number of carbonyl (C=O) groups is 1. The van der Waals surface area contributed by atoms with Gasteiger partial charge in [0.25, 0.3) is 0 Å². The van der Waals surface area contributed by atoms with Gasteiger partial charge in [-0.05, 0) is 43.0 Å². The zero-order valence-electron chi connectivity index (χ0n) is 12.1. The Morgan fingerprint density at radius 2 is 2.00 bits per heavy atom. The number of hydrogen-bond donors (Lipinski definition) is 2. The average molecular weight is 317 g/mol. The number of likely N-dealkylation sites (N-methyl/N-ethyl adjacent to an activating group) is 1. The zero-order chi connectivity index (χ0) is 16.3. The second-order valence-electron chi connectivity index (χ2n) is 5.25. The van der Waals surface area contributed by atoms with Crippen molar-refractivity contribution < 1.29 is 22.7 Å². The van der Waals surface area contributed by atoms with Gasteiger partial charge in [-0.2, -0.15) is 0 Å². The first kappa shape index (κ1) is 16.4. The lowest BCUT2D eigenvalue weighted by molar-refractivity contribution is -0.274. The second-order valence-corrected chi connectivity index (χ2v) is 5.25. The molecule has 3 N–H and O–H groups in total. The summed E-state index contributed by atoms with van der Waals surface area (Å²) in [6.45, 7) is 0.382. The van der Waals surface area contributed by atoms with Crippen molar-refractivity contribution in [2.24, 2.45) is 11.7 Å². The third-order valence-electron chi connectivity index (χ3n) is 3.56. The van der Waals surface area contributed by atoms with Gasteiger partial charge in [0.2, 0.25) is 0 Å². The Kier molecular flexibility index (Phi) is 4.80. The molecule has 1 saturated carbocycles. The quantitative estimate of drug-likeness (QED) is 0.877. The monoisotopic (exact) mass is 317 g/mol. The molecule has 0 bridgehead atoms. The highest BCUT2D eigenvalue weighted by atomic mass is 19.4. The summed E-state index contributed by atoms with van der Waals surface area (Å²) in [5, 5.41) is 2.62. The van der Waals surface area contributed by atoms with Gasteiger partial charge in [0.1, 0.15) is 5.75 Å². The van der Waals surface area contributed by atoms with Gasteiger partial charge in [0.05, 0.1) is 0 Å². The van der Waals surface area contributed by atoms with Crippen LogP contribution in [-0.4, -0.2) is 36.9 Å². The van der Waals surface area contributed by atoms with Crippen molar-refractivity contribution >= 4 is 11.7 Å². The average Bonchev–Trinajstić information content (AvgIpc) is 3.24. The molecule has 0 spiro atoms. The summed E-state index contributed by atoms with van der Waals surface area (Å²) in [4.78, 5) is 13.6. The fourth-order valence-corrected chi connectivity index (χ4v) is 2.25. The van der Waals surface area contributed by atoms with E-state index >= 15 is 0 Å². The number of nitrogens with zero attached hydrogens (tertiary/aromatic N) is 1. The van der Waals surface area contributed by atoms with E-state index in [9.17, 15) is 18.0 Å². The molecule has 0 aliphatic heterocycles. The van der Waals surface area contributed by atoms with Crippen molar-refractivity contribution in [1.29, 1.82) is 0 Å². The standard InChI is InChI=1S/C14H18F3N3O2/c1-20(12(8-18)9-2-3-9)13(21)19-10-4-6-11(7-5-10)22-14(15,16)17/h4-7,9,12H,2-3,8,18H2,1H3,(H,19,21). The van der Waals surface area contributed by atoms with Crippen LogP contribution in [0.2, 0.25) is 0 Å². The van der Waals surface area contributed by atoms with Crippen molar-refractivity contribution in [3.8, 4) is 5.75 Å². The molecular formula is C14H18F3N3O2. The molecule has 5 nitrogen and oxygen atoms in total. The molecule has 0 saturated heterocycles. The number of anilines is 1. The number of benzene rings is 1. The number of carbonyl (C=O) groups excluding carboxylic acids is 1. The molecular weight excluding hydrogens is 299 g/mol. The molecule has 0 aromatic heterocycles. The van der Waals surface area contributed by atoms with Gasteiger partial charge in [-0.15, -0.1) is 13.2 Å². The molecule has 1 atom stereocenters. The number of halogens is 3. The fourth-order valence-electron chi connectivity index (χ4n) is 2.25. The Morgan fingerprint density at radius 1 is 1.41 bits per heavy atom. The van der Waals surface area contributed by atoms with Crippen LogP contribution < -0.4 is 15.8 Å². The van der Waals surface area contributed by atoms with Crippen LogP contribution in [0.4, 0.5) is 23.7 Å². The van der Waals surface area contributed by atoms with E-state index in [0.717, 1.165) is 25.0 Å². The Morgan fingerprint density at radius 3 is 2.45 bits per heavy atom. The van der Waals surface area contributed by atoms with E-state index in [1.165, 1.54) is 17.0 Å². The van der Waals surface area contributed by atoms with E-state index in [1.807, 2.05) is 0 Å². The number of urea groups is 1. The molecule has 22 heavy (non-hydrogen) atoms. The topological polar surface area (TPSA) is 67.6 Å². The van der Waals surface area contributed by atoms with Crippen LogP contribution in [-0.2, 0) is 0 Å². The van der Waals surface area contributed by atoms with Crippen molar-refractivity contribution in [2.45, 2.75) is 25.2 Å². The smallest absolute Gasteiger partial charge is 0.406 e. The molecule has 122 valence electrons. The molecule has 1 aromatic carbocycles. The maximum atomic E-state index is 12.1. The van der Waals surface area contributed by atoms with Crippen LogP contribution in [0.5, 0.6) is 5.75 Å². The third-order valence-corrected chi connectivity index (χ3v) is 3.56. The van der Waals surface area contributed by atoms with Crippen molar-refractivity contribution in [3.05, 3.63) is 24.3 Å². The van der Waals surface area contributed by atoms with Crippen LogP contribution in [0.3, 0.4) is 0 Å². The molecule has 8 heteroatoms. The van der Waals surface area contributed by atoms with Crippen molar-refractivity contribution in [2.75, 3.05) is 18.9 Å². The van der Waals surface area contributed by atoms with Gasteiger partial charge < -0.3 is 20.7 Å². The molecule has 2 rings (SSSR count). The SMILES string of the molecule is CN(C(=O)Nc1ccc(OC(F)(F)F)cc1)C(CN)C1CC1. The van der Waals surface area contributed by atoms with Crippen molar-refractivity contribution in [3.63, 3.8) is 0 Å². The Balaban J connectivity index is 1.93. The third kappa shape index (κ3) is 4.52. The van der Waals surface area contributed by atoms with E-state index in [0.29, 0.717) is 18.2 Å². The summed E-state index contributed by atoms with van der Waals surface area (Å²) >= 11 is 0. The van der Waals surface area contributed by atoms with E-state index in [4.69, 9.17) is 5.73 Å². The maximum absolute atomic E-state index is 12.1. The lowest BCUT2D eigenvalue weighted by atomic mass is 10.1. The van der Waals surface area contributed by atoms with Crippen LogP contribution in [0, 0.1) is 5.92 Å². The van der Waals surface area contributed by atoms with Gasteiger partial charge in [0.15, 0.2) is 0 Å². The zero-order valence-corrected chi connectivity index (χ0v) is 12.1. The largest absolute Gasteiger partial charge is 0.573 e. The van der Waals surface area contributed by atoms with E-state index in [-0.39, 0.29) is 17.8 Å². The molecule has 1 aliphatic rings. The minimum atomic E-state index is -4.73. The predicted octanol–water partition coefficient (Wildman–Crippen LogP) is 2.79. The van der Waals surface area contributed by atoms with Gasteiger partial charge in [-0.3, -0.25) is 0 Å². The molecule has 1 aliphatic carbocycles. The van der Waals surface area contributed by atoms with Gasteiger partial charge in [-0.25, -0.2) is 4.79 Å². The summed E-state index contributed by atoms with van der Waals surface area (Å²) in [6, 6.07) is 4.62. The van der Waals surface area contributed by atoms with E-state index in [1.54, 1.807) is 7.05 Å². The highest BCUT2D eigenvalue weighted by Gasteiger charge is 2.35. The Hall–Kier alpha value is -1.96. The van der Waals surface area contributed by atoms with Gasteiger partial charge in [-0.1, -0.05) is 0 Å². The molecule has 1 aromatic rings. The number of nitrogens with one attached hydrogen (secondary N) is 1. The fraction of sp³-hybridized carbons (Fsp3) is 0.500. The summed E-state index contributed by atoms with van der Waals surface area (Å²) in [5.74, 6) is 0.0972. The summed E-state index contributed by atoms with van der Waals surface area (Å²) < 4.78 is 39.9. The lowest BCUT2D eigenvalue weighted by Crippen LogP contribution is -2.45. The number of amides is 2. The van der Waals surface area contributed by atoms with Crippen LogP contribution in [0.15, 0.2) is 24.3 Å². The van der Waals surface area contributed by atoms with Gasteiger partial charge >= 0.3 is 12.4 Å². The lowest BCUT2D eigenvalue weighted by Gasteiger charge is -2.27. The first-order valence-corrected chi connectivity index (χ1v) is 6.90. The summed E-state index contributed by atoms with van der Waals surface area (Å²) in [6.07, 6.45) is -2.62. The van der Waals surface area contributed by atoms with Crippen molar-refractivity contribution in [1.82, 2.24) is 4.90 Å². The minimum absolute atomic E-state index is 0.0205.